The van der Waals surface area contributed by atoms with Gasteiger partial charge in [0.25, 0.3) is 5.91 Å². The van der Waals surface area contributed by atoms with Crippen LogP contribution in [0.1, 0.15) is 30.5 Å². The van der Waals surface area contributed by atoms with Gasteiger partial charge in [-0.2, -0.15) is 0 Å². The molecule has 4 nitrogen and oxygen atoms in total. The van der Waals surface area contributed by atoms with Gasteiger partial charge in [0, 0.05) is 40.8 Å². The van der Waals surface area contributed by atoms with E-state index in [9.17, 15) is 4.79 Å². The normalized spacial score (nSPS) is 16.2. The number of aliphatic imine (C=N–C) groups is 1. The molecule has 6 heteroatoms. The van der Waals surface area contributed by atoms with Gasteiger partial charge in [-0.05, 0) is 66.6 Å². The molecule has 1 aliphatic heterocycles. The second-order valence-electron chi connectivity index (χ2n) is 8.39. The number of halogens is 1. The maximum Gasteiger partial charge on any atom is 0.266 e. The molecule has 0 bridgehead atoms. The highest BCUT2D eigenvalue weighted by molar-refractivity contribution is 8.18. The molecule has 1 saturated heterocycles. The first-order valence-electron chi connectivity index (χ1n) is 11.8. The van der Waals surface area contributed by atoms with Crippen molar-refractivity contribution in [3.8, 4) is 0 Å². The predicted octanol–water partition coefficient (Wildman–Crippen LogP) is 7.53. The minimum Gasteiger partial charge on any atom is -0.342 e. The van der Waals surface area contributed by atoms with E-state index in [1.807, 2.05) is 67.6 Å². The molecule has 2 heterocycles. The summed E-state index contributed by atoms with van der Waals surface area (Å²) in [6.45, 7) is 5.41. The Labute approximate surface area is 214 Å². The Hall–Kier alpha value is -3.28. The second-order valence-corrected chi connectivity index (χ2v) is 9.84. The van der Waals surface area contributed by atoms with Crippen LogP contribution in [0.4, 0.5) is 5.69 Å². The van der Waals surface area contributed by atoms with Gasteiger partial charge < -0.3 is 4.57 Å². The monoisotopic (exact) mass is 499 g/mol. The molecule has 5 rings (SSSR count). The van der Waals surface area contributed by atoms with E-state index >= 15 is 0 Å². The Kier molecular flexibility index (Phi) is 6.80. The van der Waals surface area contributed by atoms with Crippen molar-refractivity contribution in [1.29, 1.82) is 0 Å². The Morgan fingerprint density at radius 3 is 2.49 bits per heavy atom. The lowest BCUT2D eigenvalue weighted by Gasteiger charge is -2.12. The molecular formula is C29H26ClN3OS. The first-order chi connectivity index (χ1) is 17.1. The molecule has 1 aliphatic rings. The summed E-state index contributed by atoms with van der Waals surface area (Å²) in [6.07, 6.45) is 5.02. The van der Waals surface area contributed by atoms with Crippen molar-refractivity contribution in [3.63, 3.8) is 0 Å². The molecule has 176 valence electrons. The SMILES string of the molecule is CCc1ccccc1N=C1S/C(=C/c2cn(Cc3ccc(Cl)cc3)c3ccccc23)C(=O)N1CC. The van der Waals surface area contributed by atoms with Crippen molar-refractivity contribution in [2.45, 2.75) is 26.8 Å². The largest absolute Gasteiger partial charge is 0.342 e. The summed E-state index contributed by atoms with van der Waals surface area (Å²) in [4.78, 5) is 20.6. The molecule has 1 fully saturated rings. The minimum atomic E-state index is -0.000220. The molecule has 0 N–H and O–H groups in total. The number of aryl methyl sites for hydroxylation is 1. The van der Waals surface area contributed by atoms with Gasteiger partial charge in [-0.25, -0.2) is 4.99 Å². The maximum atomic E-state index is 13.3. The van der Waals surface area contributed by atoms with Gasteiger partial charge in [-0.1, -0.05) is 67.1 Å². The van der Waals surface area contributed by atoms with Crippen LogP contribution in [0.25, 0.3) is 17.0 Å². The smallest absolute Gasteiger partial charge is 0.266 e. The molecule has 0 unspecified atom stereocenters. The number of thioether (sulfide) groups is 1. The molecule has 0 saturated carbocycles. The zero-order chi connectivity index (χ0) is 24.4. The van der Waals surface area contributed by atoms with Gasteiger partial charge in [0.05, 0.1) is 10.6 Å². The number of hydrogen-bond donors (Lipinski definition) is 0. The number of amidine groups is 1. The standard InChI is InChI=1S/C29H26ClN3OS/c1-3-21-9-5-7-11-25(21)31-29-33(4-2)28(34)27(35-29)17-22-19-32(26-12-8-6-10-24(22)26)18-20-13-15-23(30)16-14-20/h5-17,19H,3-4,18H2,1-2H3/b27-17+,31-29?. The molecule has 4 aromatic rings. The number of amides is 1. The fourth-order valence-electron chi connectivity index (χ4n) is 4.34. The van der Waals surface area contributed by atoms with Crippen LogP contribution in [0, 0.1) is 0 Å². The van der Waals surface area contributed by atoms with E-state index in [1.54, 1.807) is 4.90 Å². The highest BCUT2D eigenvalue weighted by atomic mass is 35.5. The first kappa shape index (κ1) is 23.5. The fourth-order valence-corrected chi connectivity index (χ4v) is 5.51. The summed E-state index contributed by atoms with van der Waals surface area (Å²) in [7, 11) is 0. The topological polar surface area (TPSA) is 37.6 Å². The Bertz CT molecular complexity index is 1450. The fraction of sp³-hybridized carbons (Fsp3) is 0.172. The minimum absolute atomic E-state index is 0.000220. The van der Waals surface area contributed by atoms with E-state index in [2.05, 4.69) is 35.9 Å². The highest BCUT2D eigenvalue weighted by Crippen LogP contribution is 2.36. The van der Waals surface area contributed by atoms with Crippen LogP contribution >= 0.6 is 23.4 Å². The van der Waals surface area contributed by atoms with E-state index in [0.29, 0.717) is 11.4 Å². The molecule has 0 radical (unpaired) electrons. The Balaban J connectivity index is 1.52. The summed E-state index contributed by atoms with van der Waals surface area (Å²) >= 11 is 7.51. The summed E-state index contributed by atoms with van der Waals surface area (Å²) in [5.41, 5.74) is 5.41. The lowest BCUT2D eigenvalue weighted by molar-refractivity contribution is -0.122. The third-order valence-electron chi connectivity index (χ3n) is 6.17. The zero-order valence-electron chi connectivity index (χ0n) is 19.7. The molecule has 0 spiro atoms. The molecule has 0 atom stereocenters. The van der Waals surface area contributed by atoms with Gasteiger partial charge in [0.1, 0.15) is 0 Å². The zero-order valence-corrected chi connectivity index (χ0v) is 21.3. The van der Waals surface area contributed by atoms with Crippen LogP contribution in [-0.4, -0.2) is 27.1 Å². The van der Waals surface area contributed by atoms with Crippen LogP contribution in [0.3, 0.4) is 0 Å². The van der Waals surface area contributed by atoms with Crippen molar-refractivity contribution in [2.75, 3.05) is 6.54 Å². The summed E-state index contributed by atoms with van der Waals surface area (Å²) < 4.78 is 2.22. The molecule has 35 heavy (non-hydrogen) atoms. The lowest BCUT2D eigenvalue weighted by Crippen LogP contribution is -2.28. The molecule has 1 aromatic heterocycles. The number of carbonyl (C=O) groups excluding carboxylic acids is 1. The number of carbonyl (C=O) groups is 1. The van der Waals surface area contributed by atoms with Gasteiger partial charge >= 0.3 is 0 Å². The van der Waals surface area contributed by atoms with Gasteiger partial charge in [-0.3, -0.25) is 9.69 Å². The number of hydrogen-bond acceptors (Lipinski definition) is 3. The van der Waals surface area contributed by atoms with E-state index in [4.69, 9.17) is 16.6 Å². The van der Waals surface area contributed by atoms with Crippen molar-refractivity contribution in [1.82, 2.24) is 9.47 Å². The lowest BCUT2D eigenvalue weighted by atomic mass is 10.1. The van der Waals surface area contributed by atoms with Gasteiger partial charge in [0.2, 0.25) is 0 Å². The van der Waals surface area contributed by atoms with Crippen LogP contribution in [-0.2, 0) is 17.8 Å². The number of rotatable bonds is 6. The second kappa shape index (κ2) is 10.1. The Morgan fingerprint density at radius 1 is 0.971 bits per heavy atom. The van der Waals surface area contributed by atoms with Crippen molar-refractivity contribution < 1.29 is 4.79 Å². The number of aromatic nitrogens is 1. The number of benzene rings is 3. The molecule has 0 aliphatic carbocycles. The van der Waals surface area contributed by atoms with E-state index < -0.39 is 0 Å². The van der Waals surface area contributed by atoms with E-state index in [0.717, 1.165) is 45.3 Å². The van der Waals surface area contributed by atoms with Crippen LogP contribution in [0.5, 0.6) is 0 Å². The summed E-state index contributed by atoms with van der Waals surface area (Å²) in [5, 5.41) is 2.58. The molecule has 3 aromatic carbocycles. The third-order valence-corrected chi connectivity index (χ3v) is 7.42. The number of likely N-dealkylation sites (N-methyl/N-ethyl adjacent to an activating group) is 1. The van der Waals surface area contributed by atoms with Crippen molar-refractivity contribution >= 4 is 57.1 Å². The summed E-state index contributed by atoms with van der Waals surface area (Å²) in [5.74, 6) is -0.000220. The maximum absolute atomic E-state index is 13.3. The number of para-hydroxylation sites is 2. The van der Waals surface area contributed by atoms with Gasteiger partial charge in [-0.15, -0.1) is 0 Å². The summed E-state index contributed by atoms with van der Waals surface area (Å²) in [6, 6.07) is 24.3. The van der Waals surface area contributed by atoms with Crippen LogP contribution in [0.2, 0.25) is 5.02 Å². The van der Waals surface area contributed by atoms with E-state index in [-0.39, 0.29) is 5.91 Å². The predicted molar refractivity (Wildman–Crippen MR) is 148 cm³/mol. The quantitative estimate of drug-likeness (QED) is 0.257. The molecule has 1 amide bonds. The number of nitrogens with zero attached hydrogens (tertiary/aromatic N) is 3. The third kappa shape index (κ3) is 4.79. The van der Waals surface area contributed by atoms with Crippen LogP contribution in [0.15, 0.2) is 88.9 Å². The van der Waals surface area contributed by atoms with Crippen molar-refractivity contribution in [3.05, 3.63) is 106 Å². The van der Waals surface area contributed by atoms with Gasteiger partial charge in [0.15, 0.2) is 5.17 Å². The Morgan fingerprint density at radius 2 is 1.71 bits per heavy atom. The average molecular weight is 500 g/mol. The number of fused-ring (bicyclic) bond motifs is 1. The molecular weight excluding hydrogens is 474 g/mol. The van der Waals surface area contributed by atoms with E-state index in [1.165, 1.54) is 22.9 Å². The average Bonchev–Trinajstić information content (AvgIpc) is 3.37. The van der Waals surface area contributed by atoms with Crippen molar-refractivity contribution in [2.24, 2.45) is 4.99 Å². The highest BCUT2D eigenvalue weighted by Gasteiger charge is 2.32. The van der Waals surface area contributed by atoms with Crippen LogP contribution < -0.4 is 0 Å². The first-order valence-corrected chi connectivity index (χ1v) is 13.0.